The van der Waals surface area contributed by atoms with Gasteiger partial charge in [-0.3, -0.25) is 14.7 Å². The highest BCUT2D eigenvalue weighted by molar-refractivity contribution is 6.34. The summed E-state index contributed by atoms with van der Waals surface area (Å²) in [5.41, 5.74) is -0.142. The van der Waals surface area contributed by atoms with Gasteiger partial charge < -0.3 is 19.7 Å². The highest BCUT2D eigenvalue weighted by Gasteiger charge is 2.20. The minimum absolute atomic E-state index is 0.0209. The zero-order valence-corrected chi connectivity index (χ0v) is 16.0. The van der Waals surface area contributed by atoms with E-state index in [2.05, 4.69) is 15.5 Å². The fourth-order valence-electron chi connectivity index (χ4n) is 2.26. The molecule has 152 valence electrons. The maximum absolute atomic E-state index is 13.4. The fourth-order valence-corrected chi connectivity index (χ4v) is 2.50. The molecule has 11 heteroatoms. The molecule has 2 N–H and O–H groups in total. The smallest absolute Gasteiger partial charge is 0.272 e. The highest BCUT2D eigenvalue weighted by Crippen LogP contribution is 2.21. The van der Waals surface area contributed by atoms with Crippen LogP contribution in [0.5, 0.6) is 0 Å². The van der Waals surface area contributed by atoms with Crippen molar-refractivity contribution < 1.29 is 27.8 Å². The number of amides is 2. The third-order valence-corrected chi connectivity index (χ3v) is 4.04. The van der Waals surface area contributed by atoms with Crippen LogP contribution in [-0.2, 0) is 9.47 Å². The largest absolute Gasteiger partial charge is 0.383 e. The first-order valence-corrected chi connectivity index (χ1v) is 8.53. The molecule has 1 heterocycles. The number of aromatic amines is 1. The monoisotopic (exact) mass is 416 g/mol. The zero-order valence-electron chi connectivity index (χ0n) is 15.2. The zero-order chi connectivity index (χ0) is 20.7. The normalized spacial score (nSPS) is 10.8. The Morgan fingerprint density at radius 2 is 1.75 bits per heavy atom. The van der Waals surface area contributed by atoms with Crippen LogP contribution in [0.4, 0.5) is 14.6 Å². The predicted octanol–water partition coefficient (Wildman–Crippen LogP) is 2.33. The van der Waals surface area contributed by atoms with Crippen molar-refractivity contribution in [3.63, 3.8) is 0 Å². The van der Waals surface area contributed by atoms with Crippen LogP contribution in [0.2, 0.25) is 5.02 Å². The lowest BCUT2D eigenvalue weighted by atomic mass is 10.2. The van der Waals surface area contributed by atoms with Gasteiger partial charge in [-0.2, -0.15) is 5.10 Å². The Balaban J connectivity index is 2.11. The summed E-state index contributed by atoms with van der Waals surface area (Å²) in [6.07, 6.45) is 0. The Labute approximate surface area is 164 Å². The van der Waals surface area contributed by atoms with Crippen molar-refractivity contribution in [1.82, 2.24) is 15.1 Å². The van der Waals surface area contributed by atoms with Crippen LogP contribution in [0.15, 0.2) is 18.2 Å². The molecule has 1 aromatic heterocycles. The summed E-state index contributed by atoms with van der Waals surface area (Å²) in [7, 11) is 3.04. The first-order chi connectivity index (χ1) is 13.4. The minimum atomic E-state index is -1.21. The summed E-state index contributed by atoms with van der Waals surface area (Å²) >= 11 is 5.78. The second-order valence-electron chi connectivity index (χ2n) is 5.64. The molecule has 28 heavy (non-hydrogen) atoms. The molecule has 0 aliphatic heterocycles. The minimum Gasteiger partial charge on any atom is -0.383 e. The van der Waals surface area contributed by atoms with Crippen LogP contribution in [-0.4, -0.2) is 67.4 Å². The third kappa shape index (κ3) is 5.47. The SMILES string of the molecule is COCCN(CCOC)C(=O)c1cc(NC(=O)c2cc(F)c(F)cc2Cl)n[nH]1. The van der Waals surface area contributed by atoms with Gasteiger partial charge in [0.15, 0.2) is 17.5 Å². The van der Waals surface area contributed by atoms with Crippen LogP contribution in [0.25, 0.3) is 0 Å². The molecule has 0 saturated heterocycles. The number of hydrogen-bond donors (Lipinski definition) is 2. The van der Waals surface area contributed by atoms with Crippen molar-refractivity contribution in [2.45, 2.75) is 0 Å². The number of halogens is 3. The molecular weight excluding hydrogens is 398 g/mol. The molecule has 0 radical (unpaired) electrons. The van der Waals surface area contributed by atoms with Crippen molar-refractivity contribution in [3.8, 4) is 0 Å². The molecule has 0 fully saturated rings. The summed E-state index contributed by atoms with van der Waals surface area (Å²) < 4.78 is 36.5. The molecule has 0 atom stereocenters. The molecule has 0 unspecified atom stereocenters. The van der Waals surface area contributed by atoms with Gasteiger partial charge in [-0.25, -0.2) is 8.78 Å². The molecule has 0 spiro atoms. The molecule has 0 bridgehead atoms. The Morgan fingerprint density at radius 3 is 2.36 bits per heavy atom. The van der Waals surface area contributed by atoms with E-state index >= 15 is 0 Å². The second-order valence-corrected chi connectivity index (χ2v) is 6.05. The maximum Gasteiger partial charge on any atom is 0.272 e. The molecule has 8 nitrogen and oxygen atoms in total. The summed E-state index contributed by atoms with van der Waals surface area (Å²) in [6.45, 7) is 1.34. The number of benzene rings is 1. The first-order valence-electron chi connectivity index (χ1n) is 8.15. The number of nitrogens with zero attached hydrogens (tertiary/aromatic N) is 2. The van der Waals surface area contributed by atoms with Gasteiger partial charge in [-0.1, -0.05) is 11.6 Å². The third-order valence-electron chi connectivity index (χ3n) is 3.72. The number of H-pyrrole nitrogens is 1. The number of carbonyl (C=O) groups is 2. The molecule has 1 aromatic carbocycles. The Hall–Kier alpha value is -2.56. The van der Waals surface area contributed by atoms with Gasteiger partial charge in [0.05, 0.1) is 23.8 Å². The summed E-state index contributed by atoms with van der Waals surface area (Å²) in [6, 6.07) is 2.71. The van der Waals surface area contributed by atoms with E-state index in [0.29, 0.717) is 38.4 Å². The number of rotatable bonds is 9. The van der Waals surface area contributed by atoms with Gasteiger partial charge in [0, 0.05) is 33.4 Å². The number of aromatic nitrogens is 2. The van der Waals surface area contributed by atoms with E-state index in [4.69, 9.17) is 21.1 Å². The van der Waals surface area contributed by atoms with Crippen molar-refractivity contribution >= 4 is 29.2 Å². The van der Waals surface area contributed by atoms with Crippen molar-refractivity contribution in [2.24, 2.45) is 0 Å². The van der Waals surface area contributed by atoms with Gasteiger partial charge in [0.2, 0.25) is 0 Å². The quantitative estimate of drug-likeness (QED) is 0.611. The maximum atomic E-state index is 13.4. The molecule has 2 aromatic rings. The number of methoxy groups -OCH3 is 2. The van der Waals surface area contributed by atoms with Gasteiger partial charge >= 0.3 is 0 Å². The lowest BCUT2D eigenvalue weighted by Gasteiger charge is -2.21. The standard InChI is InChI=1S/C17H19ClF2N4O4/c1-27-5-3-24(4-6-28-2)17(26)14-9-15(23-22-14)21-16(25)10-7-12(19)13(20)8-11(10)18/h7-9H,3-6H2,1-2H3,(H2,21,22,23,25). The average molecular weight is 417 g/mol. The van der Waals surface area contributed by atoms with E-state index in [0.717, 1.165) is 0 Å². The van der Waals surface area contributed by atoms with Gasteiger partial charge in [0.25, 0.3) is 11.8 Å². The number of ether oxygens (including phenoxy) is 2. The van der Waals surface area contributed by atoms with Gasteiger partial charge in [0.1, 0.15) is 5.69 Å². The van der Waals surface area contributed by atoms with Crippen LogP contribution in [0, 0.1) is 11.6 Å². The number of anilines is 1. The van der Waals surface area contributed by atoms with Gasteiger partial charge in [-0.15, -0.1) is 0 Å². The Kier molecular flexibility index (Phi) is 7.85. The van der Waals surface area contributed by atoms with E-state index in [9.17, 15) is 18.4 Å². The predicted molar refractivity (Wildman–Crippen MR) is 97.6 cm³/mol. The van der Waals surface area contributed by atoms with Gasteiger partial charge in [-0.05, 0) is 12.1 Å². The summed E-state index contributed by atoms with van der Waals surface area (Å²) in [4.78, 5) is 26.3. The highest BCUT2D eigenvalue weighted by atomic mass is 35.5. The van der Waals surface area contributed by atoms with E-state index in [1.165, 1.54) is 25.2 Å². The van der Waals surface area contributed by atoms with Crippen LogP contribution < -0.4 is 5.32 Å². The van der Waals surface area contributed by atoms with Crippen molar-refractivity contribution in [2.75, 3.05) is 45.8 Å². The fraction of sp³-hybridized carbons (Fsp3) is 0.353. The van der Waals surface area contributed by atoms with Crippen LogP contribution in [0.1, 0.15) is 20.8 Å². The molecule has 0 saturated carbocycles. The Bertz CT molecular complexity index is 839. The molecule has 2 rings (SSSR count). The molecular formula is C17H19ClF2N4O4. The van der Waals surface area contributed by atoms with E-state index in [1.54, 1.807) is 0 Å². The first kappa shape index (κ1) is 21.7. The molecule has 2 amide bonds. The summed E-state index contributed by atoms with van der Waals surface area (Å²) in [5.74, 6) is -3.52. The lowest BCUT2D eigenvalue weighted by molar-refractivity contribution is 0.0621. The topological polar surface area (TPSA) is 96.6 Å². The number of hydrogen-bond acceptors (Lipinski definition) is 5. The van der Waals surface area contributed by atoms with Crippen molar-refractivity contribution in [1.29, 1.82) is 0 Å². The number of carbonyl (C=O) groups excluding carboxylic acids is 2. The second kappa shape index (κ2) is 10.1. The van der Waals surface area contributed by atoms with Crippen LogP contribution in [0.3, 0.4) is 0 Å². The average Bonchev–Trinajstić information content (AvgIpc) is 3.12. The van der Waals surface area contributed by atoms with Crippen LogP contribution >= 0.6 is 11.6 Å². The number of nitrogens with one attached hydrogen (secondary N) is 2. The molecule has 0 aliphatic carbocycles. The Morgan fingerprint density at radius 1 is 1.14 bits per heavy atom. The van der Waals surface area contributed by atoms with Crippen molar-refractivity contribution in [3.05, 3.63) is 46.1 Å². The molecule has 0 aliphatic rings. The van der Waals surface area contributed by atoms with E-state index in [-0.39, 0.29) is 28.0 Å². The van der Waals surface area contributed by atoms with E-state index in [1.807, 2.05) is 0 Å². The lowest BCUT2D eigenvalue weighted by Crippen LogP contribution is -2.36. The summed E-state index contributed by atoms with van der Waals surface area (Å²) in [5, 5.41) is 8.48. The van der Waals surface area contributed by atoms with E-state index < -0.39 is 17.5 Å².